The fraction of sp³-hybridized carbons (Fsp3) is 0.308. The molecule has 0 N–H and O–H groups in total. The van der Waals surface area contributed by atoms with Crippen LogP contribution >= 0.6 is 0 Å². The van der Waals surface area contributed by atoms with Gasteiger partial charge in [0.15, 0.2) is 11.6 Å². The number of benzene rings is 2. The molecule has 0 fully saturated rings. The summed E-state index contributed by atoms with van der Waals surface area (Å²) < 4.78 is 35.1. The quantitative estimate of drug-likeness (QED) is 0.556. The van der Waals surface area contributed by atoms with Crippen LogP contribution in [0.25, 0.3) is 11.1 Å². The first-order valence-electron chi connectivity index (χ1n) is 11.1. The van der Waals surface area contributed by atoms with E-state index >= 15 is 0 Å². The molecule has 0 spiro atoms. The smallest absolute Gasteiger partial charge is 0.258 e. The number of carbonyl (C=O) groups is 1. The number of hydrogen-bond donors (Lipinski definition) is 0. The van der Waals surface area contributed by atoms with Crippen molar-refractivity contribution in [2.45, 2.75) is 19.5 Å². The van der Waals surface area contributed by atoms with E-state index in [2.05, 4.69) is 0 Å². The van der Waals surface area contributed by atoms with Gasteiger partial charge in [-0.2, -0.15) is 0 Å². The maximum atomic E-state index is 14.3. The topological polar surface area (TPSA) is 54.8 Å². The zero-order chi connectivity index (χ0) is 24.4. The summed E-state index contributed by atoms with van der Waals surface area (Å²) in [5, 5.41) is 0. The van der Waals surface area contributed by atoms with Crippen molar-refractivity contribution < 1.29 is 18.3 Å². The zero-order valence-corrected chi connectivity index (χ0v) is 19.5. The lowest BCUT2D eigenvalue weighted by Crippen LogP contribution is -2.40. The van der Waals surface area contributed by atoms with Crippen molar-refractivity contribution in [2.75, 3.05) is 34.3 Å². The Hall–Kier alpha value is -3.52. The molecule has 2 aromatic carbocycles. The molecular weight excluding hydrogens is 440 g/mol. The van der Waals surface area contributed by atoms with Crippen LogP contribution in [0.5, 0.6) is 5.75 Å². The number of pyridine rings is 1. The summed E-state index contributed by atoms with van der Waals surface area (Å²) in [4.78, 5) is 30.0. The lowest BCUT2D eigenvalue weighted by atomic mass is 9.98. The molecule has 0 saturated carbocycles. The summed E-state index contributed by atoms with van der Waals surface area (Å²) in [6.45, 7) is 1.68. The Morgan fingerprint density at radius 2 is 1.88 bits per heavy atom. The molecule has 3 aromatic rings. The molecular formula is C26H27F2N3O3. The number of ether oxygens (including phenoxy) is 1. The Balaban J connectivity index is 1.77. The monoisotopic (exact) mass is 467 g/mol. The van der Waals surface area contributed by atoms with Gasteiger partial charge < -0.3 is 19.1 Å². The fourth-order valence-corrected chi connectivity index (χ4v) is 4.27. The van der Waals surface area contributed by atoms with Gasteiger partial charge in [-0.3, -0.25) is 9.59 Å². The Bertz CT molecular complexity index is 1290. The van der Waals surface area contributed by atoms with Gasteiger partial charge in [-0.15, -0.1) is 0 Å². The summed E-state index contributed by atoms with van der Waals surface area (Å²) in [5.74, 6) is -2.14. The number of rotatable bonds is 6. The summed E-state index contributed by atoms with van der Waals surface area (Å²) >= 11 is 0. The maximum Gasteiger partial charge on any atom is 0.258 e. The van der Waals surface area contributed by atoms with Crippen LogP contribution in [0.15, 0.2) is 53.3 Å². The number of fused-ring (bicyclic) bond motifs is 1. The standard InChI is InChI=1S/C26H27F2N3O3/c1-29(2)12-13-31-23-10-11-30(25(32)20-8-5-9-22(27)24(20)28)16-18(23)15-21(26(31)33)17-6-4-7-19(14-17)34-3/h4-9,14-15H,10-13,16H2,1-3H3. The van der Waals surface area contributed by atoms with E-state index in [1.54, 1.807) is 29.9 Å². The normalized spacial score (nSPS) is 13.2. The second-order valence-corrected chi connectivity index (χ2v) is 8.60. The SMILES string of the molecule is COc1cccc(-c2cc3c(n(CCN(C)C)c2=O)CCN(C(=O)c2cccc(F)c2F)C3)c1. The third-order valence-corrected chi connectivity index (χ3v) is 6.09. The van der Waals surface area contributed by atoms with Crippen LogP contribution in [-0.4, -0.2) is 54.6 Å². The number of halogens is 2. The van der Waals surface area contributed by atoms with Gasteiger partial charge in [0.25, 0.3) is 11.5 Å². The highest BCUT2D eigenvalue weighted by Gasteiger charge is 2.28. The molecule has 1 aromatic heterocycles. The maximum absolute atomic E-state index is 14.3. The number of aromatic nitrogens is 1. The Morgan fingerprint density at radius 3 is 2.62 bits per heavy atom. The molecule has 0 atom stereocenters. The average Bonchev–Trinajstić information content (AvgIpc) is 2.84. The summed E-state index contributed by atoms with van der Waals surface area (Å²) in [7, 11) is 5.45. The predicted octanol–water partition coefficient (Wildman–Crippen LogP) is 3.56. The molecule has 178 valence electrons. The minimum atomic E-state index is -1.15. The van der Waals surface area contributed by atoms with E-state index in [0.29, 0.717) is 42.9 Å². The minimum absolute atomic E-state index is 0.107. The first-order valence-corrected chi connectivity index (χ1v) is 11.1. The van der Waals surface area contributed by atoms with Crippen LogP contribution in [0.1, 0.15) is 21.6 Å². The first-order chi connectivity index (χ1) is 16.3. The highest BCUT2D eigenvalue weighted by molar-refractivity contribution is 5.94. The lowest BCUT2D eigenvalue weighted by molar-refractivity contribution is 0.0726. The highest BCUT2D eigenvalue weighted by atomic mass is 19.2. The van der Waals surface area contributed by atoms with Crippen LogP contribution in [-0.2, 0) is 19.5 Å². The molecule has 0 aliphatic carbocycles. The Morgan fingerprint density at radius 1 is 1.12 bits per heavy atom. The average molecular weight is 468 g/mol. The van der Waals surface area contributed by atoms with Gasteiger partial charge in [-0.25, -0.2) is 8.78 Å². The second kappa shape index (κ2) is 9.77. The number of carbonyl (C=O) groups excluding carboxylic acids is 1. The molecule has 0 bridgehead atoms. The van der Waals surface area contributed by atoms with Crippen molar-refractivity contribution in [2.24, 2.45) is 0 Å². The van der Waals surface area contributed by atoms with Gasteiger partial charge in [0.1, 0.15) is 5.75 Å². The van der Waals surface area contributed by atoms with E-state index in [0.717, 1.165) is 17.3 Å². The summed E-state index contributed by atoms with van der Waals surface area (Å²) in [6, 6.07) is 12.7. The largest absolute Gasteiger partial charge is 0.497 e. The first kappa shape index (κ1) is 23.6. The predicted molar refractivity (Wildman–Crippen MR) is 126 cm³/mol. The van der Waals surface area contributed by atoms with Gasteiger partial charge in [-0.05, 0) is 55.6 Å². The van der Waals surface area contributed by atoms with E-state index in [1.807, 2.05) is 31.1 Å². The fourth-order valence-electron chi connectivity index (χ4n) is 4.27. The van der Waals surface area contributed by atoms with Gasteiger partial charge in [0.2, 0.25) is 0 Å². The third-order valence-electron chi connectivity index (χ3n) is 6.09. The molecule has 0 unspecified atom stereocenters. The van der Waals surface area contributed by atoms with Gasteiger partial charge in [-0.1, -0.05) is 18.2 Å². The Kier molecular flexibility index (Phi) is 6.79. The molecule has 34 heavy (non-hydrogen) atoms. The molecule has 1 aliphatic heterocycles. The number of likely N-dealkylation sites (N-methyl/N-ethyl adjacent to an activating group) is 1. The molecule has 6 nitrogen and oxygen atoms in total. The van der Waals surface area contributed by atoms with Crippen LogP contribution in [0.4, 0.5) is 8.78 Å². The molecule has 8 heteroatoms. The molecule has 1 aliphatic rings. The Labute approximate surface area is 197 Å². The highest BCUT2D eigenvalue weighted by Crippen LogP contribution is 2.27. The lowest BCUT2D eigenvalue weighted by Gasteiger charge is -2.31. The van der Waals surface area contributed by atoms with Crippen molar-refractivity contribution in [3.8, 4) is 16.9 Å². The van der Waals surface area contributed by atoms with Crippen LogP contribution in [0, 0.1) is 11.6 Å². The van der Waals surface area contributed by atoms with Crippen molar-refractivity contribution in [1.82, 2.24) is 14.4 Å². The number of nitrogens with zero attached hydrogens (tertiary/aromatic N) is 3. The number of methoxy groups -OCH3 is 1. The third kappa shape index (κ3) is 4.59. The molecule has 2 heterocycles. The summed E-state index contributed by atoms with van der Waals surface area (Å²) in [5.41, 5.74) is 2.49. The van der Waals surface area contributed by atoms with Crippen LogP contribution in [0.2, 0.25) is 0 Å². The van der Waals surface area contributed by atoms with Crippen molar-refractivity contribution in [3.63, 3.8) is 0 Å². The number of amides is 1. The van der Waals surface area contributed by atoms with E-state index in [1.165, 1.54) is 17.0 Å². The summed E-state index contributed by atoms with van der Waals surface area (Å²) in [6.07, 6.45) is 0.444. The van der Waals surface area contributed by atoms with E-state index < -0.39 is 17.5 Å². The molecule has 1 amide bonds. The molecule has 0 radical (unpaired) electrons. The minimum Gasteiger partial charge on any atom is -0.497 e. The van der Waals surface area contributed by atoms with E-state index in [-0.39, 0.29) is 17.7 Å². The number of hydrogen-bond acceptors (Lipinski definition) is 4. The zero-order valence-electron chi connectivity index (χ0n) is 19.5. The van der Waals surface area contributed by atoms with Crippen LogP contribution in [0.3, 0.4) is 0 Å². The second-order valence-electron chi connectivity index (χ2n) is 8.60. The van der Waals surface area contributed by atoms with Crippen molar-refractivity contribution in [3.05, 3.63) is 87.3 Å². The van der Waals surface area contributed by atoms with Gasteiger partial charge in [0, 0.05) is 43.9 Å². The van der Waals surface area contributed by atoms with Crippen molar-refractivity contribution >= 4 is 5.91 Å². The molecule has 4 rings (SSSR count). The molecule has 0 saturated heterocycles. The van der Waals surface area contributed by atoms with Gasteiger partial charge in [0.05, 0.1) is 12.7 Å². The van der Waals surface area contributed by atoms with Crippen molar-refractivity contribution in [1.29, 1.82) is 0 Å². The van der Waals surface area contributed by atoms with E-state index in [4.69, 9.17) is 4.74 Å². The van der Waals surface area contributed by atoms with Gasteiger partial charge >= 0.3 is 0 Å². The van der Waals surface area contributed by atoms with Crippen LogP contribution < -0.4 is 10.3 Å². The van der Waals surface area contributed by atoms with E-state index in [9.17, 15) is 18.4 Å².